The maximum Gasteiger partial charge on any atom is 0.389 e. The second-order valence-electron chi connectivity index (χ2n) is 4.81. The summed E-state index contributed by atoms with van der Waals surface area (Å²) in [5, 5.41) is 2.14. The zero-order valence-corrected chi connectivity index (χ0v) is 10.6. The fourth-order valence-electron chi connectivity index (χ4n) is 2.34. The average Bonchev–Trinajstić information content (AvgIpc) is 2.63. The van der Waals surface area contributed by atoms with E-state index in [1.165, 1.54) is 9.80 Å². The van der Waals surface area contributed by atoms with Crippen LogP contribution in [-0.2, 0) is 9.59 Å². The Kier molecular flexibility index (Phi) is 3.87. The molecule has 0 aliphatic carbocycles. The van der Waals surface area contributed by atoms with Crippen molar-refractivity contribution in [1.82, 2.24) is 15.1 Å². The van der Waals surface area contributed by atoms with Gasteiger partial charge in [-0.25, -0.2) is 4.79 Å². The average molecular weight is 293 g/mol. The molecule has 1 N–H and O–H groups in total. The minimum atomic E-state index is -4.27. The van der Waals surface area contributed by atoms with Gasteiger partial charge in [0, 0.05) is 25.9 Å². The third-order valence-corrected chi connectivity index (χ3v) is 3.38. The van der Waals surface area contributed by atoms with Gasteiger partial charge < -0.3 is 9.80 Å². The Balaban J connectivity index is 1.84. The number of imide groups is 1. The van der Waals surface area contributed by atoms with Crippen molar-refractivity contribution < 1.29 is 27.6 Å². The van der Waals surface area contributed by atoms with Gasteiger partial charge >= 0.3 is 12.2 Å². The Hall–Kier alpha value is -1.80. The maximum atomic E-state index is 12.0. The number of hydrogen-bond donors (Lipinski definition) is 1. The standard InChI is InChI=1S/C11H14F3N3O3/c12-11(13,14)3-1-2-8(18)16-4-5-17-7(6-16)9(19)15-10(17)20/h7H,1-6H2,(H,15,19,20). The number of carbonyl (C=O) groups is 3. The first-order chi connectivity index (χ1) is 9.28. The zero-order chi connectivity index (χ0) is 14.9. The van der Waals surface area contributed by atoms with Crippen LogP contribution in [0.25, 0.3) is 0 Å². The van der Waals surface area contributed by atoms with Crippen LogP contribution >= 0.6 is 0 Å². The van der Waals surface area contributed by atoms with Crippen LogP contribution in [0.2, 0.25) is 0 Å². The Labute approximate surface area is 112 Å². The molecule has 2 heterocycles. The van der Waals surface area contributed by atoms with Crippen molar-refractivity contribution in [1.29, 1.82) is 0 Å². The number of amides is 4. The van der Waals surface area contributed by atoms with Crippen LogP contribution in [0.15, 0.2) is 0 Å². The van der Waals surface area contributed by atoms with Crippen LogP contribution in [0.1, 0.15) is 19.3 Å². The van der Waals surface area contributed by atoms with E-state index in [2.05, 4.69) is 5.32 Å². The molecule has 2 aliphatic heterocycles. The highest BCUT2D eigenvalue weighted by molar-refractivity contribution is 6.04. The van der Waals surface area contributed by atoms with Gasteiger partial charge in [-0.3, -0.25) is 14.9 Å². The zero-order valence-electron chi connectivity index (χ0n) is 10.6. The Morgan fingerprint density at radius 1 is 1.30 bits per heavy atom. The number of rotatable bonds is 3. The van der Waals surface area contributed by atoms with Crippen LogP contribution in [0.3, 0.4) is 0 Å². The van der Waals surface area contributed by atoms with Gasteiger partial charge in [-0.2, -0.15) is 13.2 Å². The van der Waals surface area contributed by atoms with E-state index in [4.69, 9.17) is 0 Å². The Morgan fingerprint density at radius 3 is 2.65 bits per heavy atom. The van der Waals surface area contributed by atoms with E-state index in [9.17, 15) is 27.6 Å². The van der Waals surface area contributed by atoms with E-state index in [1.807, 2.05) is 0 Å². The number of urea groups is 1. The summed E-state index contributed by atoms with van der Waals surface area (Å²) in [6.07, 6.45) is -5.74. The first kappa shape index (κ1) is 14.6. The third kappa shape index (κ3) is 3.20. The second kappa shape index (κ2) is 5.29. The van der Waals surface area contributed by atoms with Crippen LogP contribution in [0, 0.1) is 0 Å². The van der Waals surface area contributed by atoms with Crippen molar-refractivity contribution in [2.24, 2.45) is 0 Å². The Bertz CT molecular complexity index is 438. The van der Waals surface area contributed by atoms with Crippen LogP contribution in [0.4, 0.5) is 18.0 Å². The van der Waals surface area contributed by atoms with E-state index in [1.54, 1.807) is 0 Å². The van der Waals surface area contributed by atoms with Crippen LogP contribution in [0.5, 0.6) is 0 Å². The third-order valence-electron chi connectivity index (χ3n) is 3.38. The summed E-state index contributed by atoms with van der Waals surface area (Å²) >= 11 is 0. The summed E-state index contributed by atoms with van der Waals surface area (Å²) in [4.78, 5) is 37.3. The molecule has 6 nitrogen and oxygen atoms in total. The summed E-state index contributed by atoms with van der Waals surface area (Å²) < 4.78 is 36.0. The molecule has 0 radical (unpaired) electrons. The summed E-state index contributed by atoms with van der Waals surface area (Å²) in [6, 6.07) is -1.20. The number of nitrogens with one attached hydrogen (secondary N) is 1. The largest absolute Gasteiger partial charge is 0.389 e. The van der Waals surface area contributed by atoms with Crippen molar-refractivity contribution in [2.45, 2.75) is 31.5 Å². The van der Waals surface area contributed by atoms with Crippen molar-refractivity contribution in [2.75, 3.05) is 19.6 Å². The summed E-state index contributed by atoms with van der Waals surface area (Å²) in [5.41, 5.74) is 0. The Morgan fingerprint density at radius 2 is 2.00 bits per heavy atom. The molecule has 0 aromatic heterocycles. The second-order valence-corrected chi connectivity index (χ2v) is 4.81. The smallest absolute Gasteiger partial charge is 0.338 e. The summed E-state index contributed by atoms with van der Waals surface area (Å²) in [6.45, 7) is 0.498. The molecule has 20 heavy (non-hydrogen) atoms. The van der Waals surface area contributed by atoms with Gasteiger partial charge in [0.25, 0.3) is 5.91 Å². The molecule has 0 bridgehead atoms. The fraction of sp³-hybridized carbons (Fsp3) is 0.727. The predicted molar refractivity (Wildman–Crippen MR) is 60.5 cm³/mol. The molecule has 9 heteroatoms. The molecule has 0 aromatic carbocycles. The lowest BCUT2D eigenvalue weighted by Crippen LogP contribution is -2.54. The first-order valence-electron chi connectivity index (χ1n) is 6.24. The van der Waals surface area contributed by atoms with Gasteiger partial charge in [-0.1, -0.05) is 0 Å². The molecular weight excluding hydrogens is 279 g/mol. The molecule has 2 rings (SSSR count). The van der Waals surface area contributed by atoms with E-state index in [0.717, 1.165) is 0 Å². The lowest BCUT2D eigenvalue weighted by Gasteiger charge is -2.35. The monoisotopic (exact) mass is 293 g/mol. The molecule has 112 valence electrons. The van der Waals surface area contributed by atoms with Gasteiger partial charge in [0.15, 0.2) is 0 Å². The SMILES string of the molecule is O=C1NC(=O)N2CCN(C(=O)CCCC(F)(F)F)CC12. The molecule has 0 spiro atoms. The molecule has 2 saturated heterocycles. The summed E-state index contributed by atoms with van der Waals surface area (Å²) in [7, 11) is 0. The van der Waals surface area contributed by atoms with Gasteiger partial charge in [0.05, 0.1) is 6.54 Å². The van der Waals surface area contributed by atoms with Crippen LogP contribution < -0.4 is 5.32 Å². The molecule has 0 aromatic rings. The molecule has 4 amide bonds. The highest BCUT2D eigenvalue weighted by Gasteiger charge is 2.42. The van der Waals surface area contributed by atoms with Crippen molar-refractivity contribution >= 4 is 17.8 Å². The minimum absolute atomic E-state index is 0.0441. The van der Waals surface area contributed by atoms with Crippen molar-refractivity contribution in [3.63, 3.8) is 0 Å². The van der Waals surface area contributed by atoms with Gasteiger partial charge in [-0.05, 0) is 6.42 Å². The van der Waals surface area contributed by atoms with E-state index >= 15 is 0 Å². The highest BCUT2D eigenvalue weighted by Crippen LogP contribution is 2.23. The number of hydrogen-bond acceptors (Lipinski definition) is 3. The van der Waals surface area contributed by atoms with Crippen molar-refractivity contribution in [3.05, 3.63) is 0 Å². The van der Waals surface area contributed by atoms with Gasteiger partial charge in [-0.15, -0.1) is 0 Å². The first-order valence-corrected chi connectivity index (χ1v) is 6.24. The van der Waals surface area contributed by atoms with E-state index in [0.29, 0.717) is 0 Å². The normalized spacial score (nSPS) is 22.9. The number of halogens is 3. The maximum absolute atomic E-state index is 12.0. The molecule has 1 atom stereocenters. The minimum Gasteiger partial charge on any atom is -0.338 e. The molecule has 1 unspecified atom stereocenters. The quantitative estimate of drug-likeness (QED) is 0.770. The van der Waals surface area contributed by atoms with Gasteiger partial charge in [0.2, 0.25) is 5.91 Å². The lowest BCUT2D eigenvalue weighted by atomic mass is 10.1. The number of carbonyl (C=O) groups excluding carboxylic acids is 3. The number of fused-ring (bicyclic) bond motifs is 1. The molecule has 0 saturated carbocycles. The molecule has 2 fully saturated rings. The van der Waals surface area contributed by atoms with E-state index < -0.39 is 36.5 Å². The fourth-order valence-corrected chi connectivity index (χ4v) is 2.34. The highest BCUT2D eigenvalue weighted by atomic mass is 19.4. The van der Waals surface area contributed by atoms with Crippen molar-refractivity contribution in [3.8, 4) is 0 Å². The number of piperazine rings is 1. The van der Waals surface area contributed by atoms with Crippen LogP contribution in [-0.4, -0.2) is 59.5 Å². The number of alkyl halides is 3. The molecule has 2 aliphatic rings. The van der Waals surface area contributed by atoms with Gasteiger partial charge in [0.1, 0.15) is 6.04 Å². The summed E-state index contributed by atoms with van der Waals surface area (Å²) in [5.74, 6) is -0.885. The number of nitrogens with zero attached hydrogens (tertiary/aromatic N) is 2. The topological polar surface area (TPSA) is 69.7 Å². The molecular formula is C11H14F3N3O3. The van der Waals surface area contributed by atoms with E-state index in [-0.39, 0.29) is 32.5 Å². The lowest BCUT2D eigenvalue weighted by molar-refractivity contribution is -0.141. The predicted octanol–water partition coefficient (Wildman–Crippen LogP) is 0.482.